The fraction of sp³-hybridized carbons (Fsp3) is 0.0714. The number of para-hydroxylation sites is 3. The van der Waals surface area contributed by atoms with Crippen LogP contribution in [0.5, 0.6) is 0 Å². The van der Waals surface area contributed by atoms with Crippen LogP contribution in [-0.2, 0) is 0 Å². The molecule has 0 saturated carbocycles. The largest absolute Gasteiger partial charge is 0.344 e. The highest BCUT2D eigenvalue weighted by atomic mass is 15.2. The summed E-state index contributed by atoms with van der Waals surface area (Å²) < 4.78 is 0. The summed E-state index contributed by atoms with van der Waals surface area (Å²) in [6.45, 7) is 6.45. The van der Waals surface area contributed by atoms with Gasteiger partial charge in [-0.25, -0.2) is 0 Å². The van der Waals surface area contributed by atoms with Gasteiger partial charge in [-0.2, -0.15) is 0 Å². The highest BCUT2D eigenvalue weighted by molar-refractivity contribution is 5.92. The van der Waals surface area contributed by atoms with Crippen molar-refractivity contribution >= 4 is 28.7 Å². The third-order valence-corrected chi connectivity index (χ3v) is 10.4. The molecule has 0 aliphatic carbocycles. The summed E-state index contributed by atoms with van der Waals surface area (Å²) in [5, 5.41) is 0. The molecule has 0 aliphatic rings. The van der Waals surface area contributed by atoms with Gasteiger partial charge in [0, 0.05) is 40.9 Å². The Morgan fingerprint density at radius 1 is 0.483 bits per heavy atom. The minimum absolute atomic E-state index is 1.08. The summed E-state index contributed by atoms with van der Waals surface area (Å²) in [6, 6.07) is 66.7. The average Bonchev–Trinajstić information content (AvgIpc) is 3.30. The van der Waals surface area contributed by atoms with Crippen LogP contribution in [0.25, 0.3) is 45.0 Å². The highest BCUT2D eigenvalue weighted by Crippen LogP contribution is 2.41. The Morgan fingerprint density at radius 3 is 1.74 bits per heavy atom. The van der Waals surface area contributed by atoms with E-state index >= 15 is 0 Å². The first-order valence-electron chi connectivity index (χ1n) is 20.0. The molecule has 0 saturated heterocycles. The second kappa shape index (κ2) is 19.1. The predicted molar refractivity (Wildman–Crippen MR) is 252 cm³/mol. The van der Waals surface area contributed by atoms with Gasteiger partial charge in [-0.3, -0.25) is 0 Å². The fourth-order valence-corrected chi connectivity index (χ4v) is 7.49. The SMILES string of the molecule is C/C=C(\C=C(/C)N(C(/C=C\C=C\c1ccccc1)=C/C)c1ccccc1-c1ccccc1)c1cccc(-c2ccccc2-c2ccccc2N(C)c2ccccc2)c1. The zero-order valence-corrected chi connectivity index (χ0v) is 33.8. The zero-order chi connectivity index (χ0) is 40.1. The fourth-order valence-electron chi connectivity index (χ4n) is 7.49. The standard InChI is InChI=1S/C56H50N2/c1-5-45(47-30-24-31-48(42-47)51-35-18-19-37-53(51)54-38-21-22-39-55(54)57(4)50-33-14-9-15-34-50)41-43(3)58(49(6-2)32-17-16-27-44-25-10-7-11-26-44)56-40-23-20-36-52(56)46-28-12-8-13-29-46/h5-42H,1-4H3/b27-16+,32-17-,43-41+,45-5+,49-6+. The minimum Gasteiger partial charge on any atom is -0.344 e. The average molecular weight is 751 g/mol. The molecule has 0 fully saturated rings. The Morgan fingerprint density at radius 2 is 1.05 bits per heavy atom. The predicted octanol–water partition coefficient (Wildman–Crippen LogP) is 15.4. The summed E-state index contributed by atoms with van der Waals surface area (Å²) in [5.41, 5.74) is 16.2. The van der Waals surface area contributed by atoms with Crippen LogP contribution in [0.15, 0.2) is 236 Å². The van der Waals surface area contributed by atoms with Crippen LogP contribution in [0.1, 0.15) is 31.9 Å². The number of hydrogen-bond acceptors (Lipinski definition) is 2. The molecule has 2 nitrogen and oxygen atoms in total. The molecule has 2 heteroatoms. The number of allylic oxidation sites excluding steroid dienone is 8. The van der Waals surface area contributed by atoms with E-state index in [-0.39, 0.29) is 0 Å². The summed E-state index contributed by atoms with van der Waals surface area (Å²) in [5.74, 6) is 0. The van der Waals surface area contributed by atoms with E-state index in [1.807, 2.05) is 6.07 Å². The number of hydrogen-bond donors (Lipinski definition) is 0. The van der Waals surface area contributed by atoms with Crippen LogP contribution >= 0.6 is 0 Å². The molecule has 0 spiro atoms. The number of anilines is 3. The van der Waals surface area contributed by atoms with E-state index in [1.165, 1.54) is 38.9 Å². The maximum absolute atomic E-state index is 2.37. The first-order valence-corrected chi connectivity index (χ1v) is 20.0. The Balaban J connectivity index is 1.27. The Labute approximate surface area is 345 Å². The van der Waals surface area contributed by atoms with E-state index in [0.717, 1.165) is 39.6 Å². The molecule has 58 heavy (non-hydrogen) atoms. The molecule has 0 N–H and O–H groups in total. The van der Waals surface area contributed by atoms with Gasteiger partial charge in [0.2, 0.25) is 0 Å². The normalized spacial score (nSPS) is 12.3. The maximum atomic E-state index is 2.37. The van der Waals surface area contributed by atoms with E-state index in [9.17, 15) is 0 Å². The monoisotopic (exact) mass is 750 g/mol. The first kappa shape index (κ1) is 39.1. The van der Waals surface area contributed by atoms with Gasteiger partial charge in [0.15, 0.2) is 0 Å². The van der Waals surface area contributed by atoms with Gasteiger partial charge in [-0.05, 0) is 102 Å². The third kappa shape index (κ3) is 9.10. The molecule has 0 unspecified atom stereocenters. The molecule has 284 valence electrons. The lowest BCUT2D eigenvalue weighted by Crippen LogP contribution is -2.20. The zero-order valence-electron chi connectivity index (χ0n) is 33.8. The van der Waals surface area contributed by atoms with Gasteiger partial charge < -0.3 is 9.80 Å². The quantitative estimate of drug-likeness (QED) is 0.108. The molecule has 0 amide bonds. The molecular weight excluding hydrogens is 701 g/mol. The van der Waals surface area contributed by atoms with Gasteiger partial charge in [0.05, 0.1) is 5.69 Å². The van der Waals surface area contributed by atoms with E-state index in [0.29, 0.717) is 0 Å². The Kier molecular flexibility index (Phi) is 12.9. The van der Waals surface area contributed by atoms with Crippen molar-refractivity contribution in [3.63, 3.8) is 0 Å². The number of nitrogens with zero attached hydrogens (tertiary/aromatic N) is 2. The summed E-state index contributed by atoms with van der Waals surface area (Å²) in [4.78, 5) is 4.64. The van der Waals surface area contributed by atoms with E-state index in [4.69, 9.17) is 0 Å². The third-order valence-electron chi connectivity index (χ3n) is 10.4. The smallest absolute Gasteiger partial charge is 0.0536 e. The van der Waals surface area contributed by atoms with Gasteiger partial charge in [-0.1, -0.05) is 188 Å². The van der Waals surface area contributed by atoms with Crippen molar-refractivity contribution in [2.24, 2.45) is 0 Å². The highest BCUT2D eigenvalue weighted by Gasteiger charge is 2.18. The maximum Gasteiger partial charge on any atom is 0.0536 e. The molecular formula is C56H50N2. The number of rotatable bonds is 13. The van der Waals surface area contributed by atoms with Crippen LogP contribution in [0.3, 0.4) is 0 Å². The van der Waals surface area contributed by atoms with Crippen LogP contribution in [0.4, 0.5) is 17.1 Å². The molecule has 0 bridgehead atoms. The van der Waals surface area contributed by atoms with Crippen LogP contribution in [-0.4, -0.2) is 7.05 Å². The molecule has 0 atom stereocenters. The lowest BCUT2D eigenvalue weighted by Gasteiger charge is -2.29. The lowest BCUT2D eigenvalue weighted by molar-refractivity contribution is 1.09. The van der Waals surface area contributed by atoms with Crippen LogP contribution in [0, 0.1) is 0 Å². The van der Waals surface area contributed by atoms with Crippen molar-refractivity contribution in [2.45, 2.75) is 20.8 Å². The molecule has 0 aromatic heterocycles. The van der Waals surface area contributed by atoms with Gasteiger partial charge in [0.1, 0.15) is 0 Å². The van der Waals surface area contributed by atoms with E-state index in [1.54, 1.807) is 0 Å². The second-order valence-corrected chi connectivity index (χ2v) is 14.1. The van der Waals surface area contributed by atoms with Crippen LogP contribution < -0.4 is 9.80 Å². The lowest BCUT2D eigenvalue weighted by atomic mass is 9.91. The van der Waals surface area contributed by atoms with Gasteiger partial charge in [0.25, 0.3) is 0 Å². The summed E-state index contributed by atoms with van der Waals surface area (Å²) >= 11 is 0. The molecule has 0 radical (unpaired) electrons. The molecule has 0 aliphatic heterocycles. The molecule has 7 aromatic rings. The van der Waals surface area contributed by atoms with Gasteiger partial charge in [-0.15, -0.1) is 0 Å². The van der Waals surface area contributed by atoms with Crippen molar-refractivity contribution < 1.29 is 0 Å². The molecule has 7 rings (SSSR count). The van der Waals surface area contributed by atoms with Crippen molar-refractivity contribution in [1.82, 2.24) is 0 Å². The topological polar surface area (TPSA) is 6.48 Å². The summed E-state index contributed by atoms with van der Waals surface area (Å²) in [7, 11) is 2.14. The van der Waals surface area contributed by atoms with Crippen LogP contribution in [0.2, 0.25) is 0 Å². The van der Waals surface area contributed by atoms with E-state index < -0.39 is 0 Å². The first-order chi connectivity index (χ1) is 28.6. The van der Waals surface area contributed by atoms with Crippen molar-refractivity contribution in [3.05, 3.63) is 247 Å². The van der Waals surface area contributed by atoms with Crippen molar-refractivity contribution in [1.29, 1.82) is 0 Å². The Hall–Kier alpha value is -7.16. The van der Waals surface area contributed by atoms with E-state index in [2.05, 4.69) is 262 Å². The van der Waals surface area contributed by atoms with Crippen molar-refractivity contribution in [2.75, 3.05) is 16.8 Å². The molecule has 7 aromatic carbocycles. The number of benzene rings is 7. The summed E-state index contributed by atoms with van der Waals surface area (Å²) in [6.07, 6.45) is 15.3. The van der Waals surface area contributed by atoms with Gasteiger partial charge >= 0.3 is 0 Å². The molecule has 0 heterocycles. The minimum atomic E-state index is 1.08. The van der Waals surface area contributed by atoms with Crippen molar-refractivity contribution in [3.8, 4) is 33.4 Å². The Bertz CT molecular complexity index is 2590. The second-order valence-electron chi connectivity index (χ2n) is 14.1.